The van der Waals surface area contributed by atoms with Gasteiger partial charge >= 0.3 is 6.09 Å². The van der Waals surface area contributed by atoms with E-state index >= 15 is 0 Å². The lowest BCUT2D eigenvalue weighted by Gasteiger charge is -2.36. The molecule has 254 valence electrons. The van der Waals surface area contributed by atoms with Crippen LogP contribution in [0.5, 0.6) is 0 Å². The Hall–Kier alpha value is -3.96. The molecular formula is C35H46ClN5O6. The molecule has 0 radical (unpaired) electrons. The highest BCUT2D eigenvalue weighted by atomic mass is 35.5. The van der Waals surface area contributed by atoms with Crippen LogP contribution in [0.1, 0.15) is 64.2 Å². The third-order valence-corrected chi connectivity index (χ3v) is 9.04. The molecule has 2 aliphatic rings. The Kier molecular flexibility index (Phi) is 12.0. The first kappa shape index (κ1) is 35.9. The fraction of sp³-hybridized carbons (Fsp3) is 0.514. The Morgan fingerprint density at radius 3 is 2.32 bits per heavy atom. The number of rotatable bonds is 14. The van der Waals surface area contributed by atoms with Gasteiger partial charge in [-0.05, 0) is 55.5 Å². The number of ketones is 1. The molecule has 2 heterocycles. The number of hydrogen-bond donors (Lipinski definition) is 4. The van der Waals surface area contributed by atoms with Crippen molar-refractivity contribution in [3.05, 3.63) is 70.7 Å². The molecule has 2 aliphatic heterocycles. The molecule has 0 aliphatic carbocycles. The Morgan fingerprint density at radius 2 is 1.72 bits per heavy atom. The number of benzene rings is 2. The number of likely N-dealkylation sites (tertiary alicyclic amines) is 1. The summed E-state index contributed by atoms with van der Waals surface area (Å²) in [4.78, 5) is 68.0. The molecule has 0 saturated carbocycles. The second kappa shape index (κ2) is 15.8. The van der Waals surface area contributed by atoms with E-state index in [0.29, 0.717) is 31.1 Å². The third-order valence-electron chi connectivity index (χ3n) is 8.81. The number of nitrogens with one attached hydrogen (secondary N) is 4. The van der Waals surface area contributed by atoms with Crippen molar-refractivity contribution < 1.29 is 28.7 Å². The average Bonchev–Trinajstić information content (AvgIpc) is 3.41. The summed E-state index contributed by atoms with van der Waals surface area (Å²) in [6.07, 6.45) is -0.886. The molecular weight excluding hydrogens is 622 g/mol. The van der Waals surface area contributed by atoms with Crippen LogP contribution in [-0.2, 0) is 29.3 Å². The topological polar surface area (TPSA) is 146 Å². The maximum atomic E-state index is 13.8. The minimum absolute atomic E-state index is 0.0208. The summed E-state index contributed by atoms with van der Waals surface area (Å²) in [5, 5.41) is 11.4. The van der Waals surface area contributed by atoms with Crippen LogP contribution < -0.4 is 21.3 Å². The van der Waals surface area contributed by atoms with Crippen LogP contribution in [0.25, 0.3) is 0 Å². The van der Waals surface area contributed by atoms with Crippen LogP contribution in [0, 0.1) is 11.8 Å². The summed E-state index contributed by atoms with van der Waals surface area (Å²) in [6, 6.07) is 14.2. The predicted octanol–water partition coefficient (Wildman–Crippen LogP) is 3.51. The first-order valence-electron chi connectivity index (χ1n) is 16.1. The van der Waals surface area contributed by atoms with E-state index in [1.807, 2.05) is 88.2 Å². The monoisotopic (exact) mass is 667 g/mol. The molecule has 12 heteroatoms. The average molecular weight is 668 g/mol. The van der Waals surface area contributed by atoms with E-state index in [1.165, 1.54) is 0 Å². The largest absolute Gasteiger partial charge is 0.440 e. The number of carbonyl (C=O) groups is 5. The van der Waals surface area contributed by atoms with Crippen molar-refractivity contribution in [2.75, 3.05) is 26.7 Å². The molecule has 2 aromatic rings. The van der Waals surface area contributed by atoms with Crippen LogP contribution >= 0.6 is 11.6 Å². The lowest BCUT2D eigenvalue weighted by molar-refractivity contribution is -0.141. The van der Waals surface area contributed by atoms with Gasteiger partial charge in [-0.2, -0.15) is 0 Å². The molecule has 0 aromatic heterocycles. The Labute approximate surface area is 281 Å². The maximum absolute atomic E-state index is 13.8. The molecule has 4 rings (SSSR count). The molecule has 47 heavy (non-hydrogen) atoms. The number of halogens is 1. The van der Waals surface area contributed by atoms with Crippen molar-refractivity contribution in [3.8, 4) is 0 Å². The van der Waals surface area contributed by atoms with Gasteiger partial charge in [-0.25, -0.2) is 4.79 Å². The first-order chi connectivity index (χ1) is 22.2. The van der Waals surface area contributed by atoms with Gasteiger partial charge in [-0.15, -0.1) is 0 Å². The molecule has 4 atom stereocenters. The van der Waals surface area contributed by atoms with Crippen molar-refractivity contribution in [3.63, 3.8) is 0 Å². The van der Waals surface area contributed by atoms with Gasteiger partial charge in [0.2, 0.25) is 17.6 Å². The highest BCUT2D eigenvalue weighted by Crippen LogP contribution is 2.40. The number of Topliss-reactive ketones (excluding diaryl/α,β-unsaturated/α-hetero) is 1. The molecule has 4 unspecified atom stereocenters. The van der Waals surface area contributed by atoms with Gasteiger partial charge in [0.25, 0.3) is 5.91 Å². The number of carbonyl (C=O) groups excluding carboxylic acids is 5. The fourth-order valence-electron chi connectivity index (χ4n) is 6.15. The van der Waals surface area contributed by atoms with Gasteiger partial charge in [-0.3, -0.25) is 19.2 Å². The van der Waals surface area contributed by atoms with Gasteiger partial charge in [0.15, 0.2) is 0 Å². The zero-order valence-corrected chi connectivity index (χ0v) is 28.4. The SMILES string of the molecule is CC(C)CC(NC(=O)OC(c1ccccc1)C(C)(C)c1cccc(Cl)c1)C(=O)NC(CC1CCNC1=O)C(=O)C(=O)NC1CN(C)C1. The molecule has 2 aromatic carbocycles. The Bertz CT molecular complexity index is 1440. The van der Waals surface area contributed by atoms with E-state index in [0.717, 1.165) is 11.1 Å². The lowest BCUT2D eigenvalue weighted by Crippen LogP contribution is -2.61. The van der Waals surface area contributed by atoms with Crippen molar-refractivity contribution in [1.29, 1.82) is 0 Å². The van der Waals surface area contributed by atoms with Crippen molar-refractivity contribution in [2.45, 2.75) is 76.6 Å². The molecule has 2 fully saturated rings. The summed E-state index contributed by atoms with van der Waals surface area (Å²) in [7, 11) is 1.90. The fourth-order valence-corrected chi connectivity index (χ4v) is 6.34. The quantitative estimate of drug-likeness (QED) is 0.226. The Morgan fingerprint density at radius 1 is 1.02 bits per heavy atom. The van der Waals surface area contributed by atoms with Crippen LogP contribution in [0.15, 0.2) is 54.6 Å². The van der Waals surface area contributed by atoms with Crippen molar-refractivity contribution in [1.82, 2.24) is 26.2 Å². The summed E-state index contributed by atoms with van der Waals surface area (Å²) in [5.74, 6) is -3.07. The minimum Gasteiger partial charge on any atom is -0.440 e. The summed E-state index contributed by atoms with van der Waals surface area (Å²) >= 11 is 6.31. The lowest BCUT2D eigenvalue weighted by atomic mass is 9.76. The Balaban J connectivity index is 1.52. The smallest absolute Gasteiger partial charge is 0.408 e. The standard InChI is InChI=1S/C35H46ClN5O6/c1-21(2)16-28(32(44)39-27(17-23-14-15-37-31(23)43)29(42)33(45)38-26-19-41(5)20-26)40-34(46)47-30(22-10-7-6-8-11-22)35(3,4)24-12-9-13-25(36)18-24/h6-13,18,21,23,26-28,30H,14-17,19-20H2,1-5H3,(H,37,43)(H,38,45)(H,39,44)(H,40,46). The first-order valence-corrected chi connectivity index (χ1v) is 16.5. The number of likely N-dealkylation sites (N-methyl/N-ethyl adjacent to an activating group) is 1. The van der Waals surface area contributed by atoms with Crippen LogP contribution in [0.3, 0.4) is 0 Å². The third kappa shape index (κ3) is 9.54. The predicted molar refractivity (Wildman–Crippen MR) is 179 cm³/mol. The van der Waals surface area contributed by atoms with E-state index < -0.39 is 53.2 Å². The summed E-state index contributed by atoms with van der Waals surface area (Å²) in [5.41, 5.74) is 0.885. The number of hydrogen-bond acceptors (Lipinski definition) is 7. The van der Waals surface area contributed by atoms with Gasteiger partial charge in [0, 0.05) is 36.0 Å². The van der Waals surface area contributed by atoms with E-state index in [2.05, 4.69) is 21.3 Å². The normalized spacial score (nSPS) is 18.8. The minimum atomic E-state index is -1.25. The molecule has 4 N–H and O–H groups in total. The van der Waals surface area contributed by atoms with Gasteiger partial charge < -0.3 is 30.9 Å². The highest BCUT2D eigenvalue weighted by Gasteiger charge is 2.39. The van der Waals surface area contributed by atoms with E-state index in [-0.39, 0.29) is 30.7 Å². The van der Waals surface area contributed by atoms with E-state index in [1.54, 1.807) is 6.07 Å². The second-order valence-corrected chi connectivity index (χ2v) is 14.0. The number of ether oxygens (including phenoxy) is 1. The number of amides is 4. The maximum Gasteiger partial charge on any atom is 0.408 e. The zero-order valence-electron chi connectivity index (χ0n) is 27.7. The highest BCUT2D eigenvalue weighted by molar-refractivity contribution is 6.38. The van der Waals surface area contributed by atoms with Crippen molar-refractivity contribution >= 4 is 41.2 Å². The zero-order chi connectivity index (χ0) is 34.3. The molecule has 0 spiro atoms. The van der Waals surface area contributed by atoms with Crippen LogP contribution in [0.4, 0.5) is 4.79 Å². The molecule has 0 bridgehead atoms. The van der Waals surface area contributed by atoms with Gasteiger partial charge in [-0.1, -0.05) is 81.8 Å². The van der Waals surface area contributed by atoms with E-state index in [4.69, 9.17) is 16.3 Å². The number of alkyl carbamates (subject to hydrolysis) is 1. The molecule has 11 nitrogen and oxygen atoms in total. The summed E-state index contributed by atoms with van der Waals surface area (Å²) in [6.45, 7) is 9.38. The van der Waals surface area contributed by atoms with Crippen LogP contribution in [0.2, 0.25) is 5.02 Å². The van der Waals surface area contributed by atoms with E-state index in [9.17, 15) is 24.0 Å². The molecule has 2 saturated heterocycles. The summed E-state index contributed by atoms with van der Waals surface area (Å²) < 4.78 is 6.08. The van der Waals surface area contributed by atoms with Crippen LogP contribution in [-0.4, -0.2) is 79.3 Å². The second-order valence-electron chi connectivity index (χ2n) is 13.6. The molecule has 4 amide bonds. The number of nitrogens with zero attached hydrogens (tertiary/aromatic N) is 1. The van der Waals surface area contributed by atoms with Crippen molar-refractivity contribution in [2.24, 2.45) is 11.8 Å². The van der Waals surface area contributed by atoms with Gasteiger partial charge in [0.05, 0.1) is 12.1 Å². The van der Waals surface area contributed by atoms with Gasteiger partial charge in [0.1, 0.15) is 12.1 Å².